The number of amides is 1. The van der Waals surface area contributed by atoms with E-state index in [1.165, 1.54) is 21.0 Å². The molecule has 0 unspecified atom stereocenters. The lowest BCUT2D eigenvalue weighted by atomic mass is 9.73. The van der Waals surface area contributed by atoms with E-state index in [1.54, 1.807) is 20.8 Å². The summed E-state index contributed by atoms with van der Waals surface area (Å²) < 4.78 is 58.2. The quantitative estimate of drug-likeness (QED) is 0.258. The predicted octanol–water partition coefficient (Wildman–Crippen LogP) is 4.39. The summed E-state index contributed by atoms with van der Waals surface area (Å²) in [6.45, 7) is 25.1. The van der Waals surface area contributed by atoms with Crippen LogP contribution in [0.4, 0.5) is 0 Å². The van der Waals surface area contributed by atoms with Crippen molar-refractivity contribution < 1.29 is 67.2 Å². The van der Waals surface area contributed by atoms with E-state index in [-0.39, 0.29) is 44.6 Å². The minimum absolute atomic E-state index is 0.0176. The van der Waals surface area contributed by atoms with E-state index in [1.807, 2.05) is 67.5 Å². The van der Waals surface area contributed by atoms with Gasteiger partial charge in [-0.1, -0.05) is 34.3 Å². The largest absolute Gasteiger partial charge is 0.459 e. The highest BCUT2D eigenvalue weighted by Gasteiger charge is 2.55. The smallest absolute Gasteiger partial charge is 0.311 e. The first-order chi connectivity index (χ1) is 28.3. The van der Waals surface area contributed by atoms with Crippen molar-refractivity contribution in [2.45, 2.75) is 193 Å². The van der Waals surface area contributed by atoms with Crippen molar-refractivity contribution in [3.05, 3.63) is 12.2 Å². The molecule has 16 nitrogen and oxygen atoms in total. The number of carbonyl (C=O) groups is 3. The third kappa shape index (κ3) is 11.7. The molecule has 4 aliphatic heterocycles. The lowest BCUT2D eigenvalue weighted by molar-refractivity contribution is -0.320. The molecule has 350 valence electrons. The molecule has 16 heteroatoms. The molecule has 1 amide bonds. The number of aliphatic hydroxyl groups is 2. The molecular formula is C45H76N2O14. The standard InChI is InChI=1S/C45H76N2O14/c1-17-33-45(13,52)39-26(5)35(46-30(9)48)24(3)19-44(12,55-22-23(2)21-54-39)38(61-42-36(50)32(47(14)15)18-25(4)56-42)27(6)37(28(7)41(51)59-33)60-34-20-43(11,53-16)40(29(8)57-34)58-31(10)49/h24-29,32-34,36-40,42,50,52H,2,17-22H2,1,3-16H3/t24-,25-,26-,27+,28-,29+,32+,33+,34+,36-,37+,38-,39+,40+,42+,43-,44-,45-/m1/s1. The minimum Gasteiger partial charge on any atom is -0.459 e. The molecule has 2 N–H and O–H groups in total. The molecule has 0 aliphatic carbocycles. The van der Waals surface area contributed by atoms with Crippen LogP contribution in [-0.4, -0.2) is 157 Å². The van der Waals surface area contributed by atoms with Crippen molar-refractivity contribution in [1.29, 1.82) is 0 Å². The van der Waals surface area contributed by atoms with Gasteiger partial charge in [-0.05, 0) is 86.4 Å². The first-order valence-corrected chi connectivity index (χ1v) is 21.9. The second-order valence-corrected chi connectivity index (χ2v) is 19.0. The number of esters is 2. The highest BCUT2D eigenvalue weighted by molar-refractivity contribution is 5.97. The maximum absolute atomic E-state index is 14.7. The number of nitrogens with zero attached hydrogens (tertiary/aromatic N) is 2. The van der Waals surface area contributed by atoms with E-state index in [0.29, 0.717) is 17.7 Å². The molecule has 0 aromatic heterocycles. The molecule has 0 saturated carbocycles. The van der Waals surface area contributed by atoms with Crippen LogP contribution in [0.25, 0.3) is 0 Å². The second-order valence-electron chi connectivity index (χ2n) is 19.0. The zero-order valence-corrected chi connectivity index (χ0v) is 39.3. The molecule has 0 spiro atoms. The average molecular weight is 869 g/mol. The molecule has 0 radical (unpaired) electrons. The van der Waals surface area contributed by atoms with Gasteiger partial charge in [0.1, 0.15) is 23.4 Å². The van der Waals surface area contributed by atoms with E-state index in [0.717, 1.165) is 0 Å². The van der Waals surface area contributed by atoms with E-state index >= 15 is 0 Å². The van der Waals surface area contributed by atoms with Gasteiger partial charge in [0.25, 0.3) is 0 Å². The molecule has 61 heavy (non-hydrogen) atoms. The molecule has 4 heterocycles. The van der Waals surface area contributed by atoms with E-state index in [4.69, 9.17) is 42.6 Å². The first kappa shape index (κ1) is 51.3. The number of aliphatic imine (C=N–C) groups is 1. The molecule has 4 rings (SSSR count). The summed E-state index contributed by atoms with van der Waals surface area (Å²) in [5, 5.41) is 24.4. The van der Waals surface area contributed by atoms with Crippen LogP contribution in [0.5, 0.6) is 0 Å². The number of ether oxygens (including phenoxy) is 9. The fourth-order valence-corrected chi connectivity index (χ4v) is 10.1. The summed E-state index contributed by atoms with van der Waals surface area (Å²) >= 11 is 0. The molecule has 18 atom stereocenters. The summed E-state index contributed by atoms with van der Waals surface area (Å²) in [6, 6.07) is -0.305. The van der Waals surface area contributed by atoms with Gasteiger partial charge in [0.05, 0.1) is 55.3 Å². The van der Waals surface area contributed by atoms with Crippen LogP contribution in [0.3, 0.4) is 0 Å². The fraction of sp³-hybridized carbons (Fsp3) is 0.867. The molecular weight excluding hydrogens is 792 g/mol. The zero-order chi connectivity index (χ0) is 45.9. The molecule has 4 saturated heterocycles. The molecule has 2 bridgehead atoms. The Morgan fingerprint density at radius 1 is 0.967 bits per heavy atom. The number of carbonyl (C=O) groups excluding carboxylic acids is 3. The Morgan fingerprint density at radius 2 is 1.62 bits per heavy atom. The zero-order valence-electron chi connectivity index (χ0n) is 39.3. The average Bonchev–Trinajstić information content (AvgIpc) is 3.18. The maximum atomic E-state index is 14.7. The topological polar surface area (TPSA) is 190 Å². The van der Waals surface area contributed by atoms with Crippen molar-refractivity contribution in [2.75, 3.05) is 34.4 Å². The Kier molecular flexibility index (Phi) is 17.3. The number of methoxy groups -OCH3 is 1. The summed E-state index contributed by atoms with van der Waals surface area (Å²) in [5.41, 5.74) is -3.07. The normalized spacial score (nSPS) is 45.3. The van der Waals surface area contributed by atoms with Crippen LogP contribution < -0.4 is 0 Å². The number of fused-ring (bicyclic) bond motifs is 5. The van der Waals surface area contributed by atoms with Gasteiger partial charge in [-0.25, -0.2) is 4.99 Å². The fourth-order valence-electron chi connectivity index (χ4n) is 10.1. The van der Waals surface area contributed by atoms with Gasteiger partial charge in [0.2, 0.25) is 5.91 Å². The Balaban J connectivity index is 1.99. The maximum Gasteiger partial charge on any atom is 0.311 e. The molecule has 4 aliphatic rings. The predicted molar refractivity (Wildman–Crippen MR) is 226 cm³/mol. The Bertz CT molecular complexity index is 1570. The number of hydrogen-bond acceptors (Lipinski definition) is 15. The number of cyclic esters (lactones) is 1. The van der Waals surface area contributed by atoms with E-state index in [9.17, 15) is 24.6 Å². The number of likely N-dealkylation sites (N-methyl/N-ethyl adjacent to an activating group) is 1. The van der Waals surface area contributed by atoms with Gasteiger partial charge in [0.15, 0.2) is 18.7 Å². The van der Waals surface area contributed by atoms with Crippen molar-refractivity contribution >= 4 is 23.6 Å². The minimum atomic E-state index is -1.78. The number of aliphatic hydroxyl groups excluding tert-OH is 1. The van der Waals surface area contributed by atoms with Crippen LogP contribution in [0, 0.1) is 23.7 Å². The van der Waals surface area contributed by atoms with Crippen molar-refractivity contribution in [1.82, 2.24) is 4.90 Å². The van der Waals surface area contributed by atoms with Gasteiger partial charge in [-0.2, -0.15) is 0 Å². The highest BCUT2D eigenvalue weighted by Crippen LogP contribution is 2.43. The van der Waals surface area contributed by atoms with Crippen LogP contribution in [0.2, 0.25) is 0 Å². The van der Waals surface area contributed by atoms with Gasteiger partial charge >= 0.3 is 11.9 Å². The Labute approximate surface area is 363 Å². The summed E-state index contributed by atoms with van der Waals surface area (Å²) in [4.78, 5) is 46.2. The third-order valence-electron chi connectivity index (χ3n) is 13.4. The van der Waals surface area contributed by atoms with Gasteiger partial charge in [0, 0.05) is 51.0 Å². The summed E-state index contributed by atoms with van der Waals surface area (Å²) in [5.74, 6) is -4.45. The molecule has 4 fully saturated rings. The van der Waals surface area contributed by atoms with E-state index in [2.05, 4.69) is 11.6 Å². The van der Waals surface area contributed by atoms with E-state index < -0.39 is 114 Å². The Hall–Kier alpha value is -2.38. The van der Waals surface area contributed by atoms with Crippen LogP contribution >= 0.6 is 0 Å². The van der Waals surface area contributed by atoms with Crippen molar-refractivity contribution in [3.63, 3.8) is 0 Å². The van der Waals surface area contributed by atoms with Gasteiger partial charge in [-0.3, -0.25) is 14.4 Å². The second kappa shape index (κ2) is 20.6. The van der Waals surface area contributed by atoms with Crippen LogP contribution in [-0.2, 0) is 57.0 Å². The SMILES string of the molecule is C=C1CO[C@H]2[C@H](C)C(=NC(C)=O)[C@H](C)C[C@@](C)(OC1)[C@H](O[C@@H]1O[C@H](C)C[C@H](N(C)C)[C@H]1O)[C@@H](C)[C@H](O[C@H]1C[C@@](C)(OC)[C@@H](OC(C)=O)[C@H](C)O1)[C@@H](C)C(=O)O[C@@H](CC)[C@@]2(C)O. The third-order valence-corrected chi connectivity index (χ3v) is 13.4. The van der Waals surface area contributed by atoms with Gasteiger partial charge in [-0.15, -0.1) is 0 Å². The number of hydrogen-bond donors (Lipinski definition) is 2. The first-order valence-electron chi connectivity index (χ1n) is 21.9. The van der Waals surface area contributed by atoms with Crippen molar-refractivity contribution in [2.24, 2.45) is 28.7 Å². The lowest BCUT2D eigenvalue weighted by Gasteiger charge is -2.50. The molecule has 0 aromatic rings. The van der Waals surface area contributed by atoms with Crippen LogP contribution in [0.15, 0.2) is 17.1 Å². The lowest BCUT2D eigenvalue weighted by Crippen LogP contribution is -2.62. The molecule has 0 aromatic carbocycles. The Morgan fingerprint density at radius 3 is 2.20 bits per heavy atom. The summed E-state index contributed by atoms with van der Waals surface area (Å²) in [7, 11) is 5.31. The highest BCUT2D eigenvalue weighted by atomic mass is 16.7. The van der Waals surface area contributed by atoms with Crippen LogP contribution in [0.1, 0.15) is 109 Å². The van der Waals surface area contributed by atoms with Crippen molar-refractivity contribution in [3.8, 4) is 0 Å². The summed E-state index contributed by atoms with van der Waals surface area (Å²) in [6.07, 6.45) is -7.88. The van der Waals surface area contributed by atoms with Gasteiger partial charge < -0.3 is 57.7 Å². The monoisotopic (exact) mass is 869 g/mol. The number of rotatable bonds is 8.